The molecule has 0 radical (unpaired) electrons. The lowest BCUT2D eigenvalue weighted by Crippen LogP contribution is -2.55. The van der Waals surface area contributed by atoms with Crippen LogP contribution < -0.4 is 5.32 Å². The number of nitrogens with one attached hydrogen (secondary N) is 1. The number of benzene rings is 2. The van der Waals surface area contributed by atoms with E-state index in [1.54, 1.807) is 0 Å². The van der Waals surface area contributed by atoms with Crippen LogP contribution in [-0.2, 0) is 13.0 Å². The summed E-state index contributed by atoms with van der Waals surface area (Å²) >= 11 is 0. The fourth-order valence-corrected chi connectivity index (χ4v) is 4.16. The van der Waals surface area contributed by atoms with Gasteiger partial charge < -0.3 is 10.2 Å². The standard InChI is InChI=1S/C21H26N2/c1-2-6-17(7-3-1)14-19-8-4-5-9-20(19)15-22-21-16-23-12-10-18(21)11-13-23/h1-9,18,21-22H,10-16H2. The minimum atomic E-state index is 0.683. The van der Waals surface area contributed by atoms with Crippen molar-refractivity contribution < 1.29 is 0 Å². The molecule has 0 aromatic heterocycles. The fourth-order valence-electron chi connectivity index (χ4n) is 4.16. The largest absolute Gasteiger partial charge is 0.308 e. The van der Waals surface area contributed by atoms with Crippen molar-refractivity contribution >= 4 is 0 Å². The fraction of sp³-hybridized carbons (Fsp3) is 0.429. The Hall–Kier alpha value is -1.64. The van der Waals surface area contributed by atoms with E-state index < -0.39 is 0 Å². The summed E-state index contributed by atoms with van der Waals surface area (Å²) in [4.78, 5) is 2.62. The van der Waals surface area contributed by atoms with Crippen molar-refractivity contribution in [3.8, 4) is 0 Å². The maximum atomic E-state index is 3.85. The number of fused-ring (bicyclic) bond motifs is 3. The van der Waals surface area contributed by atoms with E-state index in [9.17, 15) is 0 Å². The number of hydrogen-bond acceptors (Lipinski definition) is 2. The van der Waals surface area contributed by atoms with E-state index in [4.69, 9.17) is 0 Å². The minimum absolute atomic E-state index is 0.683. The molecule has 3 fully saturated rings. The van der Waals surface area contributed by atoms with Crippen LogP contribution in [0, 0.1) is 5.92 Å². The molecule has 0 aliphatic carbocycles. The summed E-state index contributed by atoms with van der Waals surface area (Å²) in [5.41, 5.74) is 4.29. The highest BCUT2D eigenvalue weighted by molar-refractivity contribution is 5.32. The van der Waals surface area contributed by atoms with E-state index in [1.165, 1.54) is 49.2 Å². The van der Waals surface area contributed by atoms with Gasteiger partial charge in [-0.2, -0.15) is 0 Å². The van der Waals surface area contributed by atoms with Crippen molar-refractivity contribution in [2.24, 2.45) is 5.92 Å². The van der Waals surface area contributed by atoms with Crippen molar-refractivity contribution in [1.82, 2.24) is 10.2 Å². The van der Waals surface area contributed by atoms with Crippen molar-refractivity contribution in [2.75, 3.05) is 19.6 Å². The van der Waals surface area contributed by atoms with Crippen LogP contribution in [0.3, 0.4) is 0 Å². The Labute approximate surface area is 139 Å². The molecule has 2 nitrogen and oxygen atoms in total. The number of piperidine rings is 3. The van der Waals surface area contributed by atoms with Crippen LogP contribution in [0.4, 0.5) is 0 Å². The summed E-state index contributed by atoms with van der Waals surface area (Å²) in [7, 11) is 0. The second-order valence-corrected chi connectivity index (χ2v) is 7.06. The van der Waals surface area contributed by atoms with Gasteiger partial charge in [0.15, 0.2) is 0 Å². The summed E-state index contributed by atoms with van der Waals surface area (Å²) in [5, 5.41) is 3.85. The van der Waals surface area contributed by atoms with Crippen molar-refractivity contribution in [3.05, 3.63) is 71.3 Å². The molecular weight excluding hydrogens is 280 g/mol. The summed E-state index contributed by atoms with van der Waals surface area (Å²) in [5.74, 6) is 0.890. The van der Waals surface area contributed by atoms with Gasteiger partial charge in [0.05, 0.1) is 0 Å². The predicted octanol–water partition coefficient (Wildman–Crippen LogP) is 3.46. The summed E-state index contributed by atoms with van der Waals surface area (Å²) in [6, 6.07) is 20.4. The number of rotatable bonds is 5. The maximum Gasteiger partial charge on any atom is 0.0227 e. The van der Waals surface area contributed by atoms with Gasteiger partial charge in [-0.25, -0.2) is 0 Å². The lowest BCUT2D eigenvalue weighted by atomic mass is 9.84. The van der Waals surface area contributed by atoms with E-state index in [-0.39, 0.29) is 0 Å². The topological polar surface area (TPSA) is 15.3 Å². The van der Waals surface area contributed by atoms with Gasteiger partial charge in [-0.1, -0.05) is 54.6 Å². The average molecular weight is 306 g/mol. The molecule has 3 heterocycles. The zero-order chi connectivity index (χ0) is 15.5. The maximum absolute atomic E-state index is 3.85. The molecule has 2 aromatic rings. The summed E-state index contributed by atoms with van der Waals surface area (Å²) < 4.78 is 0. The average Bonchev–Trinajstić information content (AvgIpc) is 2.63. The van der Waals surface area contributed by atoms with Crippen LogP contribution in [0.5, 0.6) is 0 Å². The normalized spacial score (nSPS) is 26.3. The van der Waals surface area contributed by atoms with Gasteiger partial charge in [-0.05, 0) is 55.0 Å². The molecule has 3 saturated heterocycles. The molecule has 1 N–H and O–H groups in total. The zero-order valence-electron chi connectivity index (χ0n) is 13.7. The molecule has 3 aliphatic heterocycles. The molecule has 23 heavy (non-hydrogen) atoms. The molecule has 1 atom stereocenters. The van der Waals surface area contributed by atoms with Gasteiger partial charge in [-0.3, -0.25) is 0 Å². The first-order chi connectivity index (χ1) is 11.4. The Morgan fingerprint density at radius 1 is 0.870 bits per heavy atom. The second-order valence-electron chi connectivity index (χ2n) is 7.06. The molecule has 2 aromatic carbocycles. The van der Waals surface area contributed by atoms with Crippen LogP contribution in [0.2, 0.25) is 0 Å². The third-order valence-corrected chi connectivity index (χ3v) is 5.57. The Morgan fingerprint density at radius 2 is 1.57 bits per heavy atom. The van der Waals surface area contributed by atoms with Crippen LogP contribution in [-0.4, -0.2) is 30.6 Å². The molecule has 5 rings (SSSR count). The van der Waals surface area contributed by atoms with E-state index in [0.717, 1.165) is 18.9 Å². The Balaban J connectivity index is 1.43. The van der Waals surface area contributed by atoms with Crippen LogP contribution in [0.25, 0.3) is 0 Å². The highest BCUT2D eigenvalue weighted by atomic mass is 15.2. The molecule has 1 unspecified atom stereocenters. The number of hydrogen-bond donors (Lipinski definition) is 1. The van der Waals surface area contributed by atoms with Crippen molar-refractivity contribution in [2.45, 2.75) is 31.8 Å². The molecule has 0 amide bonds. The highest BCUT2D eigenvalue weighted by Gasteiger charge is 2.33. The Kier molecular flexibility index (Phi) is 4.45. The van der Waals surface area contributed by atoms with Gasteiger partial charge in [0.25, 0.3) is 0 Å². The SMILES string of the molecule is c1ccc(Cc2ccccc2CNC2CN3CCC2CC3)cc1. The Bertz CT molecular complexity index is 629. The highest BCUT2D eigenvalue weighted by Crippen LogP contribution is 2.27. The molecule has 0 spiro atoms. The minimum Gasteiger partial charge on any atom is -0.308 e. The van der Waals surface area contributed by atoms with Crippen molar-refractivity contribution in [1.29, 1.82) is 0 Å². The zero-order valence-corrected chi connectivity index (χ0v) is 13.7. The first-order valence-electron chi connectivity index (χ1n) is 8.95. The lowest BCUT2D eigenvalue weighted by molar-refractivity contribution is 0.0720. The van der Waals surface area contributed by atoms with Gasteiger partial charge in [0.2, 0.25) is 0 Å². The van der Waals surface area contributed by atoms with E-state index in [2.05, 4.69) is 64.8 Å². The van der Waals surface area contributed by atoms with Gasteiger partial charge >= 0.3 is 0 Å². The molecule has 2 heteroatoms. The first kappa shape index (κ1) is 14.9. The van der Waals surface area contributed by atoms with Crippen LogP contribution in [0.15, 0.2) is 54.6 Å². The van der Waals surface area contributed by atoms with Crippen LogP contribution in [0.1, 0.15) is 29.5 Å². The predicted molar refractivity (Wildman–Crippen MR) is 95.5 cm³/mol. The van der Waals surface area contributed by atoms with E-state index in [1.807, 2.05) is 0 Å². The van der Waals surface area contributed by atoms with Gasteiger partial charge in [0, 0.05) is 19.1 Å². The molecular formula is C21H26N2. The Morgan fingerprint density at radius 3 is 2.26 bits per heavy atom. The first-order valence-corrected chi connectivity index (χ1v) is 8.95. The smallest absolute Gasteiger partial charge is 0.0227 e. The summed E-state index contributed by atoms with van der Waals surface area (Å²) in [6.07, 6.45) is 3.78. The van der Waals surface area contributed by atoms with Crippen molar-refractivity contribution in [3.63, 3.8) is 0 Å². The quantitative estimate of drug-likeness (QED) is 0.910. The lowest BCUT2D eigenvalue weighted by Gasteiger charge is -2.45. The van der Waals surface area contributed by atoms with Crippen LogP contribution >= 0.6 is 0 Å². The monoisotopic (exact) mass is 306 g/mol. The van der Waals surface area contributed by atoms with Gasteiger partial charge in [0.1, 0.15) is 0 Å². The van der Waals surface area contributed by atoms with Gasteiger partial charge in [-0.15, -0.1) is 0 Å². The third kappa shape index (κ3) is 3.49. The second kappa shape index (κ2) is 6.86. The number of nitrogens with zero attached hydrogens (tertiary/aromatic N) is 1. The van der Waals surface area contributed by atoms with E-state index in [0.29, 0.717) is 6.04 Å². The molecule has 3 aliphatic rings. The molecule has 120 valence electrons. The third-order valence-electron chi connectivity index (χ3n) is 5.57. The molecule has 2 bridgehead atoms. The molecule has 0 saturated carbocycles. The summed E-state index contributed by atoms with van der Waals surface area (Å²) in [6.45, 7) is 4.87. The van der Waals surface area contributed by atoms with E-state index >= 15 is 0 Å².